The molecular formula is C15H19N3O2S. The number of morpholine rings is 1. The summed E-state index contributed by atoms with van der Waals surface area (Å²) in [6.45, 7) is 7.23. The fourth-order valence-corrected chi connectivity index (χ4v) is 3.30. The molecule has 2 atom stereocenters. The average molecular weight is 305 g/mol. The summed E-state index contributed by atoms with van der Waals surface area (Å²) < 4.78 is 5.67. The van der Waals surface area contributed by atoms with Gasteiger partial charge in [0.05, 0.1) is 22.9 Å². The number of rotatable bonds is 2. The molecule has 6 heteroatoms. The number of carbonyl (C=O) groups excluding carboxylic acids is 1. The van der Waals surface area contributed by atoms with E-state index >= 15 is 0 Å². The number of ether oxygens (including phenoxy) is 1. The van der Waals surface area contributed by atoms with Gasteiger partial charge in [0, 0.05) is 30.2 Å². The first-order valence-electron chi connectivity index (χ1n) is 7.08. The number of aryl methyl sites for hydroxylation is 1. The molecule has 0 bridgehead atoms. The highest BCUT2D eigenvalue weighted by molar-refractivity contribution is 7.09. The lowest BCUT2D eigenvalue weighted by Gasteiger charge is -2.35. The van der Waals surface area contributed by atoms with Crippen LogP contribution in [0.5, 0.6) is 0 Å². The maximum Gasteiger partial charge on any atom is 0.270 e. The molecule has 2 aromatic heterocycles. The number of aromatic amines is 1. The summed E-state index contributed by atoms with van der Waals surface area (Å²) in [5.74, 6) is 0.0233. The standard InChI is InChI=1S/C15H19N3O2S/c1-9-6-18(7-10(2)20-9)15(19)13-4-12(5-16-13)14-8-21-11(3)17-14/h4-5,8-10,16H,6-7H2,1-3H3/t9-,10+. The van der Waals surface area contributed by atoms with Gasteiger partial charge in [0.1, 0.15) is 5.69 Å². The summed E-state index contributed by atoms with van der Waals surface area (Å²) >= 11 is 1.61. The Kier molecular flexibility index (Phi) is 3.82. The number of nitrogens with one attached hydrogen (secondary N) is 1. The number of H-pyrrole nitrogens is 1. The third-order valence-electron chi connectivity index (χ3n) is 3.54. The van der Waals surface area contributed by atoms with Crippen LogP contribution in [0, 0.1) is 6.92 Å². The number of thiazole rings is 1. The molecule has 1 aliphatic heterocycles. The summed E-state index contributed by atoms with van der Waals surface area (Å²) in [4.78, 5) is 21.9. The van der Waals surface area contributed by atoms with Crippen molar-refractivity contribution in [2.24, 2.45) is 0 Å². The van der Waals surface area contributed by atoms with Crippen LogP contribution in [0.15, 0.2) is 17.6 Å². The highest BCUT2D eigenvalue weighted by atomic mass is 32.1. The van der Waals surface area contributed by atoms with E-state index in [0.717, 1.165) is 16.3 Å². The van der Waals surface area contributed by atoms with Crippen molar-refractivity contribution in [1.82, 2.24) is 14.9 Å². The van der Waals surface area contributed by atoms with Crippen molar-refractivity contribution >= 4 is 17.2 Å². The topological polar surface area (TPSA) is 58.2 Å². The van der Waals surface area contributed by atoms with Crippen molar-refractivity contribution in [3.63, 3.8) is 0 Å². The van der Waals surface area contributed by atoms with Crippen molar-refractivity contribution in [2.75, 3.05) is 13.1 Å². The van der Waals surface area contributed by atoms with E-state index in [1.807, 2.05) is 43.3 Å². The van der Waals surface area contributed by atoms with Crippen LogP contribution in [0.2, 0.25) is 0 Å². The van der Waals surface area contributed by atoms with Crippen LogP contribution in [0.3, 0.4) is 0 Å². The van der Waals surface area contributed by atoms with Gasteiger partial charge in [0.2, 0.25) is 0 Å². The van der Waals surface area contributed by atoms with Crippen molar-refractivity contribution in [3.05, 3.63) is 28.3 Å². The number of hydrogen-bond donors (Lipinski definition) is 1. The van der Waals surface area contributed by atoms with Gasteiger partial charge in [-0.2, -0.15) is 0 Å². The van der Waals surface area contributed by atoms with Gasteiger partial charge in [-0.1, -0.05) is 0 Å². The van der Waals surface area contributed by atoms with Crippen molar-refractivity contribution < 1.29 is 9.53 Å². The minimum Gasteiger partial charge on any atom is -0.372 e. The van der Waals surface area contributed by atoms with Crippen LogP contribution in [-0.2, 0) is 4.74 Å². The lowest BCUT2D eigenvalue weighted by Crippen LogP contribution is -2.48. The third kappa shape index (κ3) is 3.01. The van der Waals surface area contributed by atoms with Gasteiger partial charge in [-0.15, -0.1) is 11.3 Å². The minimum atomic E-state index is 0.0233. The Morgan fingerprint density at radius 2 is 2.14 bits per heavy atom. The Morgan fingerprint density at radius 1 is 1.43 bits per heavy atom. The molecule has 1 aliphatic rings. The summed E-state index contributed by atoms with van der Waals surface area (Å²) in [6, 6.07) is 1.88. The summed E-state index contributed by atoms with van der Waals surface area (Å²) in [7, 11) is 0. The Labute approximate surface area is 128 Å². The Hall–Kier alpha value is -1.66. The molecule has 0 aromatic carbocycles. The molecule has 1 fully saturated rings. The first-order valence-corrected chi connectivity index (χ1v) is 7.96. The number of nitrogens with zero attached hydrogens (tertiary/aromatic N) is 2. The fraction of sp³-hybridized carbons (Fsp3) is 0.467. The van der Waals surface area contributed by atoms with Crippen LogP contribution < -0.4 is 0 Å². The molecule has 5 nitrogen and oxygen atoms in total. The van der Waals surface area contributed by atoms with E-state index in [2.05, 4.69) is 9.97 Å². The third-order valence-corrected chi connectivity index (χ3v) is 4.31. The second kappa shape index (κ2) is 5.61. The highest BCUT2D eigenvalue weighted by Gasteiger charge is 2.27. The molecule has 1 N–H and O–H groups in total. The molecule has 21 heavy (non-hydrogen) atoms. The van der Waals surface area contributed by atoms with E-state index in [9.17, 15) is 4.79 Å². The molecule has 3 rings (SSSR count). The maximum atomic E-state index is 12.6. The Balaban J connectivity index is 1.78. The van der Waals surface area contributed by atoms with Crippen LogP contribution in [0.4, 0.5) is 0 Å². The van der Waals surface area contributed by atoms with Crippen LogP contribution in [0.1, 0.15) is 29.3 Å². The lowest BCUT2D eigenvalue weighted by molar-refractivity contribution is -0.0587. The zero-order chi connectivity index (χ0) is 15.0. The van der Waals surface area contributed by atoms with E-state index in [1.165, 1.54) is 0 Å². The minimum absolute atomic E-state index is 0.0233. The number of carbonyl (C=O) groups is 1. The Bertz CT molecular complexity index is 639. The molecule has 0 aliphatic carbocycles. The molecule has 0 saturated carbocycles. The van der Waals surface area contributed by atoms with Gasteiger partial charge in [-0.25, -0.2) is 4.98 Å². The molecule has 3 heterocycles. The van der Waals surface area contributed by atoms with Crippen molar-refractivity contribution in [2.45, 2.75) is 33.0 Å². The Morgan fingerprint density at radius 3 is 2.76 bits per heavy atom. The quantitative estimate of drug-likeness (QED) is 0.928. The first-order chi connectivity index (χ1) is 10.0. The summed E-state index contributed by atoms with van der Waals surface area (Å²) in [5, 5.41) is 3.03. The molecule has 0 unspecified atom stereocenters. The van der Waals surface area contributed by atoms with Gasteiger partial charge in [0.25, 0.3) is 5.91 Å². The molecule has 0 radical (unpaired) electrons. The number of aromatic nitrogens is 2. The maximum absolute atomic E-state index is 12.6. The second-order valence-corrected chi connectivity index (χ2v) is 6.58. The second-order valence-electron chi connectivity index (χ2n) is 5.52. The van der Waals surface area contributed by atoms with Gasteiger partial charge < -0.3 is 14.6 Å². The van der Waals surface area contributed by atoms with Gasteiger partial charge in [-0.05, 0) is 26.8 Å². The predicted molar refractivity (Wildman–Crippen MR) is 82.6 cm³/mol. The van der Waals surface area contributed by atoms with Crippen LogP contribution in [-0.4, -0.2) is 46.1 Å². The van der Waals surface area contributed by atoms with E-state index in [-0.39, 0.29) is 18.1 Å². The van der Waals surface area contributed by atoms with Crippen molar-refractivity contribution in [3.8, 4) is 11.3 Å². The van der Waals surface area contributed by atoms with Crippen molar-refractivity contribution in [1.29, 1.82) is 0 Å². The average Bonchev–Trinajstić information content (AvgIpc) is 3.05. The van der Waals surface area contributed by atoms with Crippen LogP contribution >= 0.6 is 11.3 Å². The smallest absolute Gasteiger partial charge is 0.270 e. The SMILES string of the molecule is Cc1nc(-c2c[nH]c(C(=O)N3C[C@@H](C)O[C@@H](C)C3)c2)cs1. The molecule has 2 aromatic rings. The van der Waals surface area contributed by atoms with Gasteiger partial charge in [-0.3, -0.25) is 4.79 Å². The summed E-state index contributed by atoms with van der Waals surface area (Å²) in [5.41, 5.74) is 2.48. The zero-order valence-corrected chi connectivity index (χ0v) is 13.2. The van der Waals surface area contributed by atoms with Crippen LogP contribution in [0.25, 0.3) is 11.3 Å². The van der Waals surface area contributed by atoms with Gasteiger partial charge in [0.15, 0.2) is 0 Å². The van der Waals surface area contributed by atoms with E-state index in [0.29, 0.717) is 18.8 Å². The highest BCUT2D eigenvalue weighted by Crippen LogP contribution is 2.23. The zero-order valence-electron chi connectivity index (χ0n) is 12.4. The molecule has 0 spiro atoms. The lowest BCUT2D eigenvalue weighted by atomic mass is 10.2. The van der Waals surface area contributed by atoms with E-state index in [1.54, 1.807) is 11.3 Å². The largest absolute Gasteiger partial charge is 0.372 e. The fourth-order valence-electron chi connectivity index (χ4n) is 2.68. The van der Waals surface area contributed by atoms with E-state index in [4.69, 9.17) is 4.74 Å². The number of amides is 1. The molecule has 1 amide bonds. The number of hydrogen-bond acceptors (Lipinski definition) is 4. The molecule has 112 valence electrons. The normalized spacial score (nSPS) is 22.5. The molecular weight excluding hydrogens is 286 g/mol. The van der Waals surface area contributed by atoms with E-state index < -0.39 is 0 Å². The summed E-state index contributed by atoms with van der Waals surface area (Å²) in [6.07, 6.45) is 2.00. The van der Waals surface area contributed by atoms with Gasteiger partial charge >= 0.3 is 0 Å². The monoisotopic (exact) mass is 305 g/mol. The molecule has 1 saturated heterocycles. The predicted octanol–water partition coefficient (Wildman–Crippen LogP) is 2.70. The first kappa shape index (κ1) is 14.3.